The number of phenols is 1. The number of phenolic OH excluding ortho intramolecular Hbond substituents is 1. The molecule has 3 heteroatoms. The first-order valence-corrected chi connectivity index (χ1v) is 5.88. The summed E-state index contributed by atoms with van der Waals surface area (Å²) in [4.78, 5) is 0. The average molecular weight is 249 g/mol. The molecule has 0 amide bonds. The minimum absolute atomic E-state index is 0.124. The molecule has 0 bridgehead atoms. The first-order chi connectivity index (χ1) is 8.31. The van der Waals surface area contributed by atoms with Crippen molar-refractivity contribution in [2.75, 3.05) is 0 Å². The monoisotopic (exact) mass is 248 g/mol. The SMILES string of the molecule is Oc1cccc(CCl)c1OCc1ccccc1. The quantitative estimate of drug-likeness (QED) is 0.836. The van der Waals surface area contributed by atoms with Gasteiger partial charge in [0.05, 0.1) is 5.88 Å². The highest BCUT2D eigenvalue weighted by Gasteiger charge is 2.08. The summed E-state index contributed by atoms with van der Waals surface area (Å²) in [7, 11) is 0. The van der Waals surface area contributed by atoms with Crippen LogP contribution in [0.15, 0.2) is 48.5 Å². The molecular weight excluding hydrogens is 236 g/mol. The van der Waals surface area contributed by atoms with E-state index in [4.69, 9.17) is 16.3 Å². The van der Waals surface area contributed by atoms with Gasteiger partial charge in [0.25, 0.3) is 0 Å². The van der Waals surface area contributed by atoms with Crippen molar-refractivity contribution in [1.29, 1.82) is 0 Å². The molecule has 0 spiro atoms. The molecule has 0 saturated carbocycles. The summed E-state index contributed by atoms with van der Waals surface area (Å²) in [5.41, 5.74) is 1.85. The van der Waals surface area contributed by atoms with Crippen molar-refractivity contribution in [2.24, 2.45) is 0 Å². The lowest BCUT2D eigenvalue weighted by Crippen LogP contribution is -1.98. The van der Waals surface area contributed by atoms with Crippen LogP contribution in [-0.2, 0) is 12.5 Å². The highest BCUT2D eigenvalue weighted by molar-refractivity contribution is 6.17. The van der Waals surface area contributed by atoms with Crippen LogP contribution in [0.2, 0.25) is 0 Å². The molecule has 0 heterocycles. The van der Waals surface area contributed by atoms with Gasteiger partial charge in [-0.25, -0.2) is 0 Å². The van der Waals surface area contributed by atoms with Gasteiger partial charge in [-0.2, -0.15) is 0 Å². The molecule has 1 N–H and O–H groups in total. The number of hydrogen-bond donors (Lipinski definition) is 1. The first kappa shape index (κ1) is 11.8. The van der Waals surface area contributed by atoms with E-state index in [1.807, 2.05) is 36.4 Å². The molecule has 88 valence electrons. The van der Waals surface area contributed by atoms with Gasteiger partial charge in [0, 0.05) is 5.56 Å². The van der Waals surface area contributed by atoms with E-state index in [1.54, 1.807) is 12.1 Å². The third-order valence-electron chi connectivity index (χ3n) is 2.45. The van der Waals surface area contributed by atoms with Crippen LogP contribution in [0.3, 0.4) is 0 Å². The number of benzene rings is 2. The van der Waals surface area contributed by atoms with Gasteiger partial charge >= 0.3 is 0 Å². The summed E-state index contributed by atoms with van der Waals surface area (Å²) < 4.78 is 5.61. The Kier molecular flexibility index (Phi) is 3.89. The molecule has 0 fully saturated rings. The van der Waals surface area contributed by atoms with E-state index in [-0.39, 0.29) is 5.75 Å². The Labute approximate surface area is 105 Å². The van der Waals surface area contributed by atoms with Crippen LogP contribution in [0.25, 0.3) is 0 Å². The predicted octanol–water partition coefficient (Wildman–Crippen LogP) is 3.71. The van der Waals surface area contributed by atoms with Crippen LogP contribution in [0.1, 0.15) is 11.1 Å². The second-order valence-corrected chi connectivity index (χ2v) is 3.94. The van der Waals surface area contributed by atoms with Gasteiger partial charge < -0.3 is 9.84 Å². The third-order valence-corrected chi connectivity index (χ3v) is 2.73. The molecule has 2 aromatic carbocycles. The largest absolute Gasteiger partial charge is 0.504 e. The Hall–Kier alpha value is -1.67. The first-order valence-electron chi connectivity index (χ1n) is 5.35. The van der Waals surface area contributed by atoms with E-state index in [2.05, 4.69) is 0 Å². The molecule has 0 radical (unpaired) electrons. The zero-order chi connectivity index (χ0) is 12.1. The van der Waals surface area contributed by atoms with Crippen molar-refractivity contribution in [3.63, 3.8) is 0 Å². The molecule has 17 heavy (non-hydrogen) atoms. The summed E-state index contributed by atoms with van der Waals surface area (Å²) in [6.45, 7) is 0.419. The maximum absolute atomic E-state index is 9.72. The second-order valence-electron chi connectivity index (χ2n) is 3.67. The Balaban J connectivity index is 2.14. The predicted molar refractivity (Wildman–Crippen MR) is 68.4 cm³/mol. The van der Waals surface area contributed by atoms with Crippen LogP contribution in [0.4, 0.5) is 0 Å². The van der Waals surface area contributed by atoms with Gasteiger partial charge in [-0.3, -0.25) is 0 Å². The van der Waals surface area contributed by atoms with Crippen LogP contribution in [0.5, 0.6) is 11.5 Å². The maximum atomic E-state index is 9.72. The van der Waals surface area contributed by atoms with Crippen molar-refractivity contribution in [1.82, 2.24) is 0 Å². The van der Waals surface area contributed by atoms with E-state index in [1.165, 1.54) is 0 Å². The van der Waals surface area contributed by atoms with Gasteiger partial charge in [0.1, 0.15) is 6.61 Å². The molecule has 0 aromatic heterocycles. The van der Waals surface area contributed by atoms with Gasteiger partial charge in [0.15, 0.2) is 11.5 Å². The molecule has 0 aliphatic rings. The van der Waals surface area contributed by atoms with Gasteiger partial charge in [-0.15, -0.1) is 11.6 Å². The van der Waals surface area contributed by atoms with E-state index in [0.717, 1.165) is 11.1 Å². The molecule has 0 aliphatic heterocycles. The normalized spacial score (nSPS) is 10.2. The number of hydrogen-bond acceptors (Lipinski definition) is 2. The van der Waals surface area contributed by atoms with E-state index in [0.29, 0.717) is 18.2 Å². The van der Waals surface area contributed by atoms with Crippen LogP contribution in [0, 0.1) is 0 Å². The van der Waals surface area contributed by atoms with Gasteiger partial charge in [0.2, 0.25) is 0 Å². The lowest BCUT2D eigenvalue weighted by molar-refractivity contribution is 0.286. The Bertz CT molecular complexity index is 483. The summed E-state index contributed by atoms with van der Waals surface area (Å²) >= 11 is 5.79. The number of ether oxygens (including phenoxy) is 1. The number of aromatic hydroxyl groups is 1. The fourth-order valence-corrected chi connectivity index (χ4v) is 1.78. The second kappa shape index (κ2) is 5.60. The molecule has 2 aromatic rings. The highest BCUT2D eigenvalue weighted by atomic mass is 35.5. The maximum Gasteiger partial charge on any atom is 0.165 e. The lowest BCUT2D eigenvalue weighted by atomic mass is 10.2. The van der Waals surface area contributed by atoms with Crippen molar-refractivity contribution in [3.05, 3.63) is 59.7 Å². The van der Waals surface area contributed by atoms with Crippen molar-refractivity contribution in [3.8, 4) is 11.5 Å². The topological polar surface area (TPSA) is 29.5 Å². The van der Waals surface area contributed by atoms with Gasteiger partial charge in [-0.1, -0.05) is 42.5 Å². The highest BCUT2D eigenvalue weighted by Crippen LogP contribution is 2.31. The van der Waals surface area contributed by atoms with E-state index in [9.17, 15) is 5.11 Å². The zero-order valence-electron chi connectivity index (χ0n) is 9.27. The third kappa shape index (κ3) is 2.92. The van der Waals surface area contributed by atoms with E-state index < -0.39 is 0 Å². The zero-order valence-corrected chi connectivity index (χ0v) is 10.0. The lowest BCUT2D eigenvalue weighted by Gasteiger charge is -2.11. The fourth-order valence-electron chi connectivity index (χ4n) is 1.57. The minimum atomic E-state index is 0.124. The Morgan fingerprint density at radius 1 is 1.00 bits per heavy atom. The number of para-hydroxylation sites is 1. The summed E-state index contributed by atoms with van der Waals surface area (Å²) in [5.74, 6) is 0.906. The molecule has 0 atom stereocenters. The smallest absolute Gasteiger partial charge is 0.165 e. The summed E-state index contributed by atoms with van der Waals surface area (Å²) in [5, 5.41) is 9.72. The molecule has 2 rings (SSSR count). The van der Waals surface area contributed by atoms with Crippen LogP contribution in [-0.4, -0.2) is 5.11 Å². The Morgan fingerprint density at radius 2 is 1.76 bits per heavy atom. The van der Waals surface area contributed by atoms with Gasteiger partial charge in [-0.05, 0) is 11.6 Å². The van der Waals surface area contributed by atoms with Crippen LogP contribution >= 0.6 is 11.6 Å². The van der Waals surface area contributed by atoms with Crippen molar-refractivity contribution in [2.45, 2.75) is 12.5 Å². The summed E-state index contributed by atoms with van der Waals surface area (Å²) in [6.07, 6.45) is 0. The van der Waals surface area contributed by atoms with Crippen molar-refractivity contribution >= 4 is 11.6 Å². The summed E-state index contributed by atoms with van der Waals surface area (Å²) in [6, 6.07) is 15.0. The average Bonchev–Trinajstić information content (AvgIpc) is 2.38. The molecule has 0 aliphatic carbocycles. The molecule has 2 nitrogen and oxygen atoms in total. The fraction of sp³-hybridized carbons (Fsp3) is 0.143. The number of halogens is 1. The van der Waals surface area contributed by atoms with Crippen LogP contribution < -0.4 is 4.74 Å². The standard InChI is InChI=1S/C14H13ClO2/c15-9-12-7-4-8-13(16)14(12)17-10-11-5-2-1-3-6-11/h1-8,16H,9-10H2. The molecular formula is C14H13ClO2. The van der Waals surface area contributed by atoms with E-state index >= 15 is 0 Å². The molecule has 0 unspecified atom stereocenters. The minimum Gasteiger partial charge on any atom is -0.504 e. The number of alkyl halides is 1. The Morgan fingerprint density at radius 3 is 2.47 bits per heavy atom. The van der Waals surface area contributed by atoms with Crippen molar-refractivity contribution < 1.29 is 9.84 Å². The molecule has 0 saturated heterocycles. The number of rotatable bonds is 4.